The van der Waals surface area contributed by atoms with Crippen molar-refractivity contribution < 1.29 is 4.79 Å². The van der Waals surface area contributed by atoms with Crippen LogP contribution in [0.1, 0.15) is 61.4 Å². The van der Waals surface area contributed by atoms with Gasteiger partial charge in [-0.25, -0.2) is 0 Å². The van der Waals surface area contributed by atoms with Gasteiger partial charge in [-0.15, -0.1) is 0 Å². The van der Waals surface area contributed by atoms with Gasteiger partial charge in [0.25, 0.3) is 5.91 Å². The summed E-state index contributed by atoms with van der Waals surface area (Å²) >= 11 is 0. The Morgan fingerprint density at radius 3 is 2.86 bits per heavy atom. The third kappa shape index (κ3) is 3.22. The fourth-order valence-electron chi connectivity index (χ4n) is 3.68. The predicted octanol–water partition coefficient (Wildman–Crippen LogP) is 3.74. The second-order valence-corrected chi connectivity index (χ2v) is 6.47. The summed E-state index contributed by atoms with van der Waals surface area (Å²) in [5.74, 6) is 0.963. The minimum absolute atomic E-state index is 0.0983. The molecule has 1 aliphatic heterocycles. The SMILES string of the molecule is CCC1CCC(NC(=O)c2cccc3c2NCCC3)CC1. The first-order chi connectivity index (χ1) is 10.3. The summed E-state index contributed by atoms with van der Waals surface area (Å²) in [4.78, 5) is 12.6. The van der Waals surface area contributed by atoms with Crippen LogP contribution < -0.4 is 10.6 Å². The van der Waals surface area contributed by atoms with Gasteiger partial charge in [0, 0.05) is 12.6 Å². The number of hydrogen-bond acceptors (Lipinski definition) is 2. The Bertz CT molecular complexity index is 504. The van der Waals surface area contributed by atoms with Crippen molar-refractivity contribution in [1.29, 1.82) is 0 Å². The Balaban J connectivity index is 1.66. The molecule has 0 atom stereocenters. The second kappa shape index (κ2) is 6.50. The smallest absolute Gasteiger partial charge is 0.253 e. The number of carbonyl (C=O) groups excluding carboxylic acids is 1. The molecule has 1 aromatic carbocycles. The normalized spacial score (nSPS) is 24.8. The van der Waals surface area contributed by atoms with Gasteiger partial charge in [-0.05, 0) is 56.1 Å². The quantitative estimate of drug-likeness (QED) is 0.888. The fraction of sp³-hybridized carbons (Fsp3) is 0.611. The van der Waals surface area contributed by atoms with Crippen molar-refractivity contribution in [3.63, 3.8) is 0 Å². The van der Waals surface area contributed by atoms with Crippen LogP contribution in [0.25, 0.3) is 0 Å². The van der Waals surface area contributed by atoms with Gasteiger partial charge in [0.15, 0.2) is 0 Å². The standard InChI is InChI=1S/C18H26N2O/c1-2-13-8-10-15(11-9-13)20-18(21)16-7-3-5-14-6-4-12-19-17(14)16/h3,5,7,13,15,19H,2,4,6,8-12H2,1H3,(H,20,21). The van der Waals surface area contributed by atoms with Gasteiger partial charge < -0.3 is 10.6 Å². The van der Waals surface area contributed by atoms with E-state index in [1.54, 1.807) is 0 Å². The minimum Gasteiger partial charge on any atom is -0.384 e. The molecule has 3 heteroatoms. The molecule has 1 amide bonds. The molecule has 1 aliphatic carbocycles. The van der Waals surface area contributed by atoms with Crippen LogP contribution >= 0.6 is 0 Å². The average Bonchev–Trinajstić information content (AvgIpc) is 2.55. The lowest BCUT2D eigenvalue weighted by molar-refractivity contribution is 0.0922. The van der Waals surface area contributed by atoms with E-state index in [9.17, 15) is 4.79 Å². The first kappa shape index (κ1) is 14.4. The number of amides is 1. The summed E-state index contributed by atoms with van der Waals surface area (Å²) in [6.07, 6.45) is 8.28. The van der Waals surface area contributed by atoms with E-state index in [1.807, 2.05) is 12.1 Å². The number of para-hydroxylation sites is 1. The van der Waals surface area contributed by atoms with Gasteiger partial charge in [-0.1, -0.05) is 25.5 Å². The molecule has 2 aliphatic rings. The maximum atomic E-state index is 12.6. The maximum absolute atomic E-state index is 12.6. The third-order valence-electron chi connectivity index (χ3n) is 5.08. The number of nitrogens with one attached hydrogen (secondary N) is 2. The molecule has 0 saturated heterocycles. The first-order valence-corrected chi connectivity index (χ1v) is 8.44. The number of benzene rings is 1. The van der Waals surface area contributed by atoms with E-state index in [0.29, 0.717) is 6.04 Å². The summed E-state index contributed by atoms with van der Waals surface area (Å²) in [7, 11) is 0. The van der Waals surface area contributed by atoms with Gasteiger partial charge in [0.1, 0.15) is 0 Å². The summed E-state index contributed by atoms with van der Waals surface area (Å²) in [5.41, 5.74) is 3.16. The van der Waals surface area contributed by atoms with Crippen molar-refractivity contribution in [3.05, 3.63) is 29.3 Å². The van der Waals surface area contributed by atoms with E-state index in [1.165, 1.54) is 24.8 Å². The van der Waals surface area contributed by atoms with Crippen molar-refractivity contribution in [2.45, 2.75) is 57.9 Å². The van der Waals surface area contributed by atoms with Crippen LogP contribution in [0.4, 0.5) is 5.69 Å². The molecule has 0 aromatic heterocycles. The second-order valence-electron chi connectivity index (χ2n) is 6.47. The molecule has 0 radical (unpaired) electrons. The number of anilines is 1. The van der Waals surface area contributed by atoms with Crippen LogP contribution in [0.2, 0.25) is 0 Å². The van der Waals surface area contributed by atoms with E-state index in [0.717, 1.165) is 49.4 Å². The maximum Gasteiger partial charge on any atom is 0.253 e. The van der Waals surface area contributed by atoms with Crippen molar-refractivity contribution in [1.82, 2.24) is 5.32 Å². The van der Waals surface area contributed by atoms with E-state index in [4.69, 9.17) is 0 Å². The molecule has 0 bridgehead atoms. The van der Waals surface area contributed by atoms with Gasteiger partial charge in [-0.3, -0.25) is 4.79 Å². The number of carbonyl (C=O) groups is 1. The van der Waals surface area contributed by atoms with Crippen molar-refractivity contribution >= 4 is 11.6 Å². The van der Waals surface area contributed by atoms with Crippen molar-refractivity contribution in [3.8, 4) is 0 Å². The Kier molecular flexibility index (Phi) is 4.47. The highest BCUT2D eigenvalue weighted by atomic mass is 16.1. The topological polar surface area (TPSA) is 41.1 Å². The van der Waals surface area contributed by atoms with Gasteiger partial charge in [-0.2, -0.15) is 0 Å². The molecule has 2 N–H and O–H groups in total. The summed E-state index contributed by atoms with van der Waals surface area (Å²) < 4.78 is 0. The van der Waals surface area contributed by atoms with Crippen LogP contribution in [0.15, 0.2) is 18.2 Å². The largest absolute Gasteiger partial charge is 0.384 e. The van der Waals surface area contributed by atoms with Crippen LogP contribution in [0.3, 0.4) is 0 Å². The molecule has 1 aromatic rings. The minimum atomic E-state index is 0.0983. The molecule has 1 heterocycles. The lowest BCUT2D eigenvalue weighted by atomic mass is 9.84. The molecule has 0 unspecified atom stereocenters. The fourth-order valence-corrected chi connectivity index (χ4v) is 3.68. The Hall–Kier alpha value is -1.51. The van der Waals surface area contributed by atoms with E-state index >= 15 is 0 Å². The molecule has 21 heavy (non-hydrogen) atoms. The highest BCUT2D eigenvalue weighted by Crippen LogP contribution is 2.28. The lowest BCUT2D eigenvalue weighted by Crippen LogP contribution is -2.38. The molecule has 114 valence electrons. The van der Waals surface area contributed by atoms with Gasteiger partial charge in [0.2, 0.25) is 0 Å². The lowest BCUT2D eigenvalue weighted by Gasteiger charge is -2.29. The zero-order chi connectivity index (χ0) is 14.7. The monoisotopic (exact) mass is 286 g/mol. The summed E-state index contributed by atoms with van der Waals surface area (Å²) in [6.45, 7) is 3.24. The molecule has 3 nitrogen and oxygen atoms in total. The zero-order valence-corrected chi connectivity index (χ0v) is 13.0. The molecule has 1 fully saturated rings. The van der Waals surface area contributed by atoms with E-state index in [2.05, 4.69) is 23.6 Å². The summed E-state index contributed by atoms with van der Waals surface area (Å²) in [5, 5.41) is 6.66. The Labute approximate surface area is 127 Å². The van der Waals surface area contributed by atoms with Crippen molar-refractivity contribution in [2.24, 2.45) is 5.92 Å². The summed E-state index contributed by atoms with van der Waals surface area (Å²) in [6, 6.07) is 6.45. The first-order valence-electron chi connectivity index (χ1n) is 8.44. The Morgan fingerprint density at radius 2 is 2.10 bits per heavy atom. The van der Waals surface area contributed by atoms with Crippen LogP contribution in [0, 0.1) is 5.92 Å². The molecule has 0 spiro atoms. The van der Waals surface area contributed by atoms with Gasteiger partial charge in [0.05, 0.1) is 11.3 Å². The number of hydrogen-bond donors (Lipinski definition) is 2. The molecular formula is C18H26N2O. The Morgan fingerprint density at radius 1 is 1.29 bits per heavy atom. The van der Waals surface area contributed by atoms with Crippen LogP contribution in [0.5, 0.6) is 0 Å². The highest BCUT2D eigenvalue weighted by Gasteiger charge is 2.23. The average molecular weight is 286 g/mol. The third-order valence-corrected chi connectivity index (χ3v) is 5.08. The highest BCUT2D eigenvalue weighted by molar-refractivity contribution is 6.00. The van der Waals surface area contributed by atoms with Crippen molar-refractivity contribution in [2.75, 3.05) is 11.9 Å². The number of aryl methyl sites for hydroxylation is 1. The predicted molar refractivity (Wildman–Crippen MR) is 86.8 cm³/mol. The number of fused-ring (bicyclic) bond motifs is 1. The van der Waals surface area contributed by atoms with E-state index in [-0.39, 0.29) is 5.91 Å². The van der Waals surface area contributed by atoms with Crippen LogP contribution in [-0.4, -0.2) is 18.5 Å². The van der Waals surface area contributed by atoms with Crippen LogP contribution in [-0.2, 0) is 6.42 Å². The zero-order valence-electron chi connectivity index (χ0n) is 13.0. The number of rotatable bonds is 3. The molecule has 1 saturated carbocycles. The van der Waals surface area contributed by atoms with Gasteiger partial charge >= 0.3 is 0 Å². The molecular weight excluding hydrogens is 260 g/mol. The van der Waals surface area contributed by atoms with E-state index < -0.39 is 0 Å². The molecule has 3 rings (SSSR count).